The van der Waals surface area contributed by atoms with E-state index in [0.717, 1.165) is 18.4 Å². The topological polar surface area (TPSA) is 131 Å². The summed E-state index contributed by atoms with van der Waals surface area (Å²) in [7, 11) is 1.61. The number of benzene rings is 1. The molecule has 2 saturated heterocycles. The second-order valence-corrected chi connectivity index (χ2v) is 12.9. The van der Waals surface area contributed by atoms with Crippen molar-refractivity contribution in [2.75, 3.05) is 33.4 Å². The lowest BCUT2D eigenvalue weighted by Crippen LogP contribution is -2.57. The number of amides is 1. The van der Waals surface area contributed by atoms with Gasteiger partial charge in [0.25, 0.3) is 11.5 Å². The number of hydrogen-bond donors (Lipinski definition) is 0. The van der Waals surface area contributed by atoms with Crippen molar-refractivity contribution in [2.45, 2.75) is 60.8 Å². The Bertz CT molecular complexity index is 1810. The van der Waals surface area contributed by atoms with Gasteiger partial charge in [-0.05, 0) is 31.0 Å². The molecule has 0 aliphatic carbocycles. The van der Waals surface area contributed by atoms with Crippen LogP contribution in [0.15, 0.2) is 80.2 Å². The molecule has 3 aromatic heterocycles. The van der Waals surface area contributed by atoms with Gasteiger partial charge in [0.2, 0.25) is 5.89 Å². The summed E-state index contributed by atoms with van der Waals surface area (Å²) in [6, 6.07) is 12.3. The molecule has 0 N–H and O–H groups in total. The van der Waals surface area contributed by atoms with Crippen molar-refractivity contribution in [3.8, 4) is 5.75 Å². The minimum Gasteiger partial charge on any atom is -0.496 e. The van der Waals surface area contributed by atoms with Crippen LogP contribution in [0.25, 0.3) is 0 Å². The molecule has 0 radical (unpaired) electrons. The molecule has 46 heavy (non-hydrogen) atoms. The molecule has 3 unspecified atom stereocenters. The summed E-state index contributed by atoms with van der Waals surface area (Å²) >= 11 is 1.41. The molecule has 4 aromatic rings. The summed E-state index contributed by atoms with van der Waals surface area (Å²) in [4.78, 5) is 51.9. The Balaban J connectivity index is 1.29. The molecule has 2 fully saturated rings. The molecule has 1 aromatic carbocycles. The summed E-state index contributed by atoms with van der Waals surface area (Å²) in [5, 5.41) is 0.294. The van der Waals surface area contributed by atoms with E-state index in [4.69, 9.17) is 18.6 Å². The van der Waals surface area contributed by atoms with Gasteiger partial charge in [0, 0.05) is 44.0 Å². The fraction of sp³-hybridized carbons (Fsp3) is 0.424. The fourth-order valence-corrected chi connectivity index (χ4v) is 7.95. The second kappa shape index (κ2) is 12.9. The van der Waals surface area contributed by atoms with Crippen LogP contribution in [-0.2, 0) is 16.0 Å². The van der Waals surface area contributed by atoms with Crippen molar-refractivity contribution in [2.24, 2.45) is 0 Å². The Morgan fingerprint density at radius 3 is 2.57 bits per heavy atom. The van der Waals surface area contributed by atoms with Gasteiger partial charge in [-0.2, -0.15) is 0 Å². The van der Waals surface area contributed by atoms with E-state index >= 15 is 0 Å². The van der Waals surface area contributed by atoms with Crippen LogP contribution in [0.5, 0.6) is 5.75 Å². The Morgan fingerprint density at radius 1 is 1.07 bits per heavy atom. The number of pyridine rings is 1. The van der Waals surface area contributed by atoms with Crippen LogP contribution in [0.1, 0.15) is 70.6 Å². The van der Waals surface area contributed by atoms with E-state index in [1.165, 1.54) is 22.6 Å². The number of methoxy groups -OCH3 is 1. The Kier molecular flexibility index (Phi) is 8.54. The van der Waals surface area contributed by atoms with E-state index in [-0.39, 0.29) is 48.4 Å². The van der Waals surface area contributed by atoms with Crippen molar-refractivity contribution >= 4 is 17.7 Å². The number of aromatic nitrogens is 4. The summed E-state index contributed by atoms with van der Waals surface area (Å²) in [6.07, 6.45) is 5.51. The quantitative estimate of drug-likeness (QED) is 0.246. The van der Waals surface area contributed by atoms with E-state index in [0.29, 0.717) is 41.1 Å². The third-order valence-electron chi connectivity index (χ3n) is 8.96. The van der Waals surface area contributed by atoms with Gasteiger partial charge in [0.05, 0.1) is 47.8 Å². The molecule has 13 heteroatoms. The van der Waals surface area contributed by atoms with Crippen LogP contribution >= 0.6 is 11.8 Å². The third-order valence-corrected chi connectivity index (χ3v) is 10.5. The summed E-state index contributed by atoms with van der Waals surface area (Å²) < 4.78 is 26.7. The van der Waals surface area contributed by atoms with Gasteiger partial charge in [0.15, 0.2) is 0 Å². The van der Waals surface area contributed by atoms with Crippen LogP contribution in [0, 0.1) is 0 Å². The molecular formula is C33H35N5O7S. The van der Waals surface area contributed by atoms with Gasteiger partial charge in [-0.3, -0.25) is 23.7 Å². The second-order valence-electron chi connectivity index (χ2n) is 11.7. The molecule has 240 valence electrons. The number of hydrogen-bond acceptors (Lipinski definition) is 10. The first kappa shape index (κ1) is 30.5. The highest BCUT2D eigenvalue weighted by Gasteiger charge is 2.43. The fourth-order valence-electron chi connectivity index (χ4n) is 6.48. The van der Waals surface area contributed by atoms with Gasteiger partial charge >= 0.3 is 5.69 Å². The molecule has 0 bridgehead atoms. The smallest absolute Gasteiger partial charge is 0.332 e. The number of rotatable bonds is 9. The SMILES string of the molecule is COc1ccccc1C(Cn1c2c(c(=O)n(C3CN(C(=O)c4ccccn4)C3)c1=O)C(C)C(c1ncco1)S2)OC1CCOCC1. The minimum absolute atomic E-state index is 0.0669. The van der Waals surface area contributed by atoms with Gasteiger partial charge in [-0.1, -0.05) is 43.0 Å². The molecule has 3 aliphatic heterocycles. The minimum atomic E-state index is -0.549. The highest BCUT2D eigenvalue weighted by molar-refractivity contribution is 7.99. The van der Waals surface area contributed by atoms with Crippen molar-refractivity contribution in [3.05, 3.63) is 105 Å². The predicted molar refractivity (Wildman–Crippen MR) is 168 cm³/mol. The first-order valence-electron chi connectivity index (χ1n) is 15.5. The van der Waals surface area contributed by atoms with E-state index in [1.54, 1.807) is 47.2 Å². The van der Waals surface area contributed by atoms with Gasteiger partial charge in [0.1, 0.15) is 23.8 Å². The standard InChI is InChI=1S/C33H35N5O7S/c1-20-27-31(40)38(21-17-36(18-21)30(39)24-8-5-6-12-34-24)33(41)37(32(27)46-28(20)29-35-13-16-44-29)19-26(45-22-10-14-43-15-11-22)23-7-3-4-9-25(23)42-2/h3-9,12-13,16,20-22,26,28H,10-11,14-15,17-19H2,1-2H3. The molecule has 12 nitrogen and oxygen atoms in total. The Morgan fingerprint density at radius 2 is 1.85 bits per heavy atom. The molecule has 7 rings (SSSR count). The van der Waals surface area contributed by atoms with Crippen LogP contribution in [0.2, 0.25) is 0 Å². The molecule has 3 atom stereocenters. The van der Waals surface area contributed by atoms with Gasteiger partial charge in [-0.15, -0.1) is 0 Å². The van der Waals surface area contributed by atoms with E-state index in [2.05, 4.69) is 9.97 Å². The highest BCUT2D eigenvalue weighted by Crippen LogP contribution is 2.52. The van der Waals surface area contributed by atoms with Crippen LogP contribution in [-0.4, -0.2) is 69.4 Å². The maximum Gasteiger partial charge on any atom is 0.332 e. The molecule has 1 amide bonds. The number of likely N-dealkylation sites (tertiary alicyclic amines) is 1. The average molecular weight is 646 g/mol. The normalized spacial score (nSPS) is 20.7. The van der Waals surface area contributed by atoms with Crippen molar-refractivity contribution < 1.29 is 23.4 Å². The number of nitrogens with zero attached hydrogens (tertiary/aromatic N) is 5. The number of ether oxygens (including phenoxy) is 3. The molecular weight excluding hydrogens is 610 g/mol. The number of fused-ring (bicyclic) bond motifs is 1. The van der Waals surface area contributed by atoms with E-state index in [9.17, 15) is 14.4 Å². The number of oxazole rings is 1. The summed E-state index contributed by atoms with van der Waals surface area (Å²) in [5.41, 5.74) is 0.878. The number of thioether (sulfide) groups is 1. The van der Waals surface area contributed by atoms with Crippen molar-refractivity contribution in [1.82, 2.24) is 24.0 Å². The molecule has 6 heterocycles. The first-order valence-corrected chi connectivity index (χ1v) is 16.3. The zero-order valence-corrected chi connectivity index (χ0v) is 26.4. The first-order chi connectivity index (χ1) is 22.4. The Hall–Kier alpha value is -4.20. The lowest BCUT2D eigenvalue weighted by atomic mass is 9.99. The number of carbonyl (C=O) groups is 1. The van der Waals surface area contributed by atoms with Gasteiger partial charge < -0.3 is 23.5 Å². The molecule has 3 aliphatic rings. The van der Waals surface area contributed by atoms with Crippen LogP contribution in [0.4, 0.5) is 0 Å². The summed E-state index contributed by atoms with van der Waals surface area (Å²) in [5.74, 6) is 0.630. The zero-order chi connectivity index (χ0) is 31.8. The monoisotopic (exact) mass is 645 g/mol. The third kappa shape index (κ3) is 5.56. The number of para-hydroxylation sites is 1. The van der Waals surface area contributed by atoms with Crippen molar-refractivity contribution in [3.63, 3.8) is 0 Å². The number of carbonyl (C=O) groups excluding carboxylic acids is 1. The predicted octanol–water partition coefficient (Wildman–Crippen LogP) is 3.99. The van der Waals surface area contributed by atoms with E-state index < -0.39 is 17.8 Å². The van der Waals surface area contributed by atoms with Gasteiger partial charge in [-0.25, -0.2) is 9.78 Å². The average Bonchev–Trinajstić information content (AvgIpc) is 3.72. The molecule has 0 saturated carbocycles. The van der Waals surface area contributed by atoms with Crippen LogP contribution < -0.4 is 16.0 Å². The van der Waals surface area contributed by atoms with Crippen molar-refractivity contribution in [1.29, 1.82) is 0 Å². The maximum absolute atomic E-state index is 14.5. The Labute approximate surface area is 269 Å². The lowest BCUT2D eigenvalue weighted by molar-refractivity contribution is -0.0764. The highest BCUT2D eigenvalue weighted by atomic mass is 32.2. The maximum atomic E-state index is 14.5. The zero-order valence-electron chi connectivity index (χ0n) is 25.6. The summed E-state index contributed by atoms with van der Waals surface area (Å²) in [6.45, 7) is 3.77. The van der Waals surface area contributed by atoms with E-state index in [1.807, 2.05) is 31.2 Å². The lowest BCUT2D eigenvalue weighted by Gasteiger charge is -2.40. The molecule has 0 spiro atoms. The van der Waals surface area contributed by atoms with Crippen LogP contribution in [0.3, 0.4) is 0 Å². The largest absolute Gasteiger partial charge is 0.496 e.